The predicted molar refractivity (Wildman–Crippen MR) is 71.2 cm³/mol. The zero-order valence-corrected chi connectivity index (χ0v) is 11.9. The number of amides is 1. The van der Waals surface area contributed by atoms with E-state index in [1.54, 1.807) is 17.4 Å². The van der Waals surface area contributed by atoms with E-state index in [1.807, 2.05) is 20.8 Å². The Bertz CT molecular complexity index is 576. The highest BCUT2D eigenvalue weighted by atomic mass is 35.5. The van der Waals surface area contributed by atoms with Crippen molar-refractivity contribution in [3.05, 3.63) is 38.7 Å². The molecule has 0 aliphatic rings. The van der Waals surface area contributed by atoms with Gasteiger partial charge in [0.1, 0.15) is 0 Å². The number of aromatic nitrogens is 1. The Labute approximate surface area is 114 Å². The normalized spacial score (nSPS) is 12.4. The van der Waals surface area contributed by atoms with Crippen LogP contribution in [0.5, 0.6) is 0 Å². The third kappa shape index (κ3) is 2.57. The van der Waals surface area contributed by atoms with Crippen LogP contribution in [0.2, 0.25) is 5.22 Å². The van der Waals surface area contributed by atoms with Crippen molar-refractivity contribution in [1.82, 2.24) is 10.3 Å². The number of nitrogens with zero attached hydrogens (tertiary/aromatic N) is 1. The molecular formula is C12H13ClN2O2S. The van der Waals surface area contributed by atoms with Crippen LogP contribution < -0.4 is 5.32 Å². The maximum atomic E-state index is 12.0. The first-order valence-electron chi connectivity index (χ1n) is 5.47. The Morgan fingerprint density at radius 3 is 2.78 bits per heavy atom. The topological polar surface area (TPSA) is 55.1 Å². The van der Waals surface area contributed by atoms with Gasteiger partial charge in [-0.15, -0.1) is 11.3 Å². The Balaban J connectivity index is 2.13. The molecule has 1 unspecified atom stereocenters. The Kier molecular flexibility index (Phi) is 3.73. The molecule has 0 radical (unpaired) electrons. The van der Waals surface area contributed by atoms with Gasteiger partial charge in [-0.2, -0.15) is 0 Å². The van der Waals surface area contributed by atoms with Crippen LogP contribution in [-0.4, -0.2) is 10.9 Å². The largest absolute Gasteiger partial charge is 0.452 e. The molecular weight excluding hydrogens is 272 g/mol. The summed E-state index contributed by atoms with van der Waals surface area (Å²) in [5, 5.41) is 3.98. The molecule has 2 aromatic rings. The fourth-order valence-corrected chi connectivity index (χ4v) is 2.87. The molecule has 1 amide bonds. The third-order valence-electron chi connectivity index (χ3n) is 2.54. The lowest BCUT2D eigenvalue weighted by molar-refractivity contribution is 0.0940. The van der Waals surface area contributed by atoms with Crippen molar-refractivity contribution in [2.24, 2.45) is 0 Å². The molecule has 4 nitrogen and oxygen atoms in total. The van der Waals surface area contributed by atoms with Crippen LogP contribution in [0.25, 0.3) is 0 Å². The Morgan fingerprint density at radius 1 is 1.56 bits per heavy atom. The van der Waals surface area contributed by atoms with Crippen LogP contribution in [-0.2, 0) is 0 Å². The van der Waals surface area contributed by atoms with Crippen LogP contribution in [0.1, 0.15) is 38.9 Å². The first-order valence-corrected chi connectivity index (χ1v) is 6.66. The van der Waals surface area contributed by atoms with E-state index in [0.29, 0.717) is 5.56 Å². The standard InChI is InChI=1S/C12H13ClN2O2S/c1-6-10(18-8(3)14-6)7(2)15-12(16)9-4-5-17-11(9)13/h4-5,7H,1-3H3,(H,15,16). The molecule has 0 aliphatic carbocycles. The van der Waals surface area contributed by atoms with Crippen LogP contribution in [0.4, 0.5) is 0 Å². The van der Waals surface area contributed by atoms with E-state index in [4.69, 9.17) is 16.0 Å². The summed E-state index contributed by atoms with van der Waals surface area (Å²) in [5.41, 5.74) is 1.30. The highest BCUT2D eigenvalue weighted by Gasteiger charge is 2.18. The van der Waals surface area contributed by atoms with Crippen LogP contribution in [0.15, 0.2) is 16.7 Å². The molecule has 2 heterocycles. The van der Waals surface area contributed by atoms with Crippen molar-refractivity contribution >= 4 is 28.8 Å². The average Bonchev–Trinajstić information content (AvgIpc) is 2.84. The molecule has 0 saturated carbocycles. The van der Waals surface area contributed by atoms with Crippen molar-refractivity contribution in [2.75, 3.05) is 0 Å². The molecule has 0 bridgehead atoms. The number of furan rings is 1. The van der Waals surface area contributed by atoms with E-state index in [2.05, 4.69) is 10.3 Å². The number of nitrogens with one attached hydrogen (secondary N) is 1. The average molecular weight is 285 g/mol. The quantitative estimate of drug-likeness (QED) is 0.938. The summed E-state index contributed by atoms with van der Waals surface area (Å²) in [6.45, 7) is 5.81. The van der Waals surface area contributed by atoms with E-state index in [9.17, 15) is 4.79 Å². The predicted octanol–water partition coefficient (Wildman–Crippen LogP) is 3.50. The van der Waals surface area contributed by atoms with Gasteiger partial charge in [0, 0.05) is 4.88 Å². The van der Waals surface area contributed by atoms with Crippen molar-refractivity contribution in [2.45, 2.75) is 26.8 Å². The zero-order valence-electron chi connectivity index (χ0n) is 10.3. The third-order valence-corrected chi connectivity index (χ3v) is 4.09. The summed E-state index contributed by atoms with van der Waals surface area (Å²) in [6, 6.07) is 1.45. The lowest BCUT2D eigenvalue weighted by atomic mass is 10.2. The van der Waals surface area contributed by atoms with E-state index < -0.39 is 0 Å². The monoisotopic (exact) mass is 284 g/mol. The summed E-state index contributed by atoms with van der Waals surface area (Å²) in [5.74, 6) is -0.244. The lowest BCUT2D eigenvalue weighted by Crippen LogP contribution is -2.26. The molecule has 0 spiro atoms. The van der Waals surface area contributed by atoms with Gasteiger partial charge in [-0.05, 0) is 38.4 Å². The number of thiazole rings is 1. The lowest BCUT2D eigenvalue weighted by Gasteiger charge is -2.12. The van der Waals surface area contributed by atoms with Gasteiger partial charge >= 0.3 is 0 Å². The van der Waals surface area contributed by atoms with Gasteiger partial charge in [0.2, 0.25) is 5.22 Å². The van der Waals surface area contributed by atoms with Crippen LogP contribution >= 0.6 is 22.9 Å². The molecule has 0 aliphatic heterocycles. The minimum atomic E-state index is -0.244. The number of halogens is 1. The number of hydrogen-bond donors (Lipinski definition) is 1. The van der Waals surface area contributed by atoms with E-state index in [1.165, 1.54) is 6.26 Å². The number of carbonyl (C=O) groups is 1. The highest BCUT2D eigenvalue weighted by Crippen LogP contribution is 2.25. The molecule has 18 heavy (non-hydrogen) atoms. The summed E-state index contributed by atoms with van der Waals surface area (Å²) in [6.07, 6.45) is 1.39. The summed E-state index contributed by atoms with van der Waals surface area (Å²) in [4.78, 5) is 17.4. The maximum Gasteiger partial charge on any atom is 0.256 e. The Hall–Kier alpha value is -1.33. The van der Waals surface area contributed by atoms with Gasteiger partial charge in [0.25, 0.3) is 5.91 Å². The second-order valence-electron chi connectivity index (χ2n) is 3.99. The molecule has 0 fully saturated rings. The highest BCUT2D eigenvalue weighted by molar-refractivity contribution is 7.11. The Morgan fingerprint density at radius 2 is 2.28 bits per heavy atom. The van der Waals surface area contributed by atoms with Crippen molar-refractivity contribution in [1.29, 1.82) is 0 Å². The van der Waals surface area contributed by atoms with Gasteiger partial charge < -0.3 is 9.73 Å². The van der Waals surface area contributed by atoms with Crippen LogP contribution in [0.3, 0.4) is 0 Å². The molecule has 2 aromatic heterocycles. The smallest absolute Gasteiger partial charge is 0.256 e. The van der Waals surface area contributed by atoms with Gasteiger partial charge in [0.15, 0.2) is 0 Å². The zero-order chi connectivity index (χ0) is 13.3. The van der Waals surface area contributed by atoms with Gasteiger partial charge in [-0.3, -0.25) is 4.79 Å². The van der Waals surface area contributed by atoms with Crippen molar-refractivity contribution in [3.8, 4) is 0 Å². The van der Waals surface area contributed by atoms with Gasteiger partial charge in [-0.1, -0.05) is 0 Å². The van der Waals surface area contributed by atoms with Crippen molar-refractivity contribution in [3.63, 3.8) is 0 Å². The molecule has 2 rings (SSSR count). The first kappa shape index (κ1) is 13.1. The minimum absolute atomic E-state index is 0.102. The molecule has 1 N–H and O–H groups in total. The van der Waals surface area contributed by atoms with Gasteiger partial charge in [-0.25, -0.2) is 4.98 Å². The number of aryl methyl sites for hydroxylation is 2. The summed E-state index contributed by atoms with van der Waals surface area (Å²) in [7, 11) is 0. The molecule has 0 saturated heterocycles. The second kappa shape index (κ2) is 5.12. The van der Waals surface area contributed by atoms with E-state index >= 15 is 0 Å². The molecule has 6 heteroatoms. The minimum Gasteiger partial charge on any atom is -0.452 e. The summed E-state index contributed by atoms with van der Waals surface area (Å²) < 4.78 is 4.90. The SMILES string of the molecule is Cc1nc(C)c(C(C)NC(=O)c2ccoc2Cl)s1. The molecule has 0 aromatic carbocycles. The fourth-order valence-electron chi connectivity index (χ4n) is 1.74. The first-order chi connectivity index (χ1) is 8.49. The number of rotatable bonds is 3. The van der Waals surface area contributed by atoms with Crippen molar-refractivity contribution < 1.29 is 9.21 Å². The summed E-state index contributed by atoms with van der Waals surface area (Å²) >= 11 is 7.35. The molecule has 96 valence electrons. The van der Waals surface area contributed by atoms with E-state index in [0.717, 1.165) is 15.6 Å². The molecule has 1 atom stereocenters. The number of hydrogen-bond acceptors (Lipinski definition) is 4. The maximum absolute atomic E-state index is 12.0. The second-order valence-corrected chi connectivity index (χ2v) is 5.56. The van der Waals surface area contributed by atoms with E-state index in [-0.39, 0.29) is 17.2 Å². The number of carbonyl (C=O) groups excluding carboxylic acids is 1. The van der Waals surface area contributed by atoms with Crippen LogP contribution in [0, 0.1) is 13.8 Å². The fraction of sp³-hybridized carbons (Fsp3) is 0.333. The van der Waals surface area contributed by atoms with Gasteiger partial charge in [0.05, 0.1) is 28.6 Å².